The Morgan fingerprint density at radius 1 is 1.06 bits per heavy atom. The van der Waals surface area contributed by atoms with E-state index in [0.717, 1.165) is 34.7 Å². The number of thiazole rings is 1. The van der Waals surface area contributed by atoms with Crippen LogP contribution in [0.4, 0.5) is 0 Å². The fourth-order valence-corrected chi connectivity index (χ4v) is 4.72. The molecule has 1 heterocycles. The summed E-state index contributed by atoms with van der Waals surface area (Å²) in [5, 5.41) is 11.8. The molecule has 4 rings (SSSR count). The summed E-state index contributed by atoms with van der Waals surface area (Å²) in [6.07, 6.45) is 5.77. The van der Waals surface area contributed by atoms with Crippen molar-refractivity contribution in [1.82, 2.24) is 9.88 Å². The number of ether oxygens (including phenoxy) is 1. The minimum absolute atomic E-state index is 0.0512. The van der Waals surface area contributed by atoms with Crippen molar-refractivity contribution >= 4 is 17.2 Å². The van der Waals surface area contributed by atoms with Gasteiger partial charge in [0.1, 0.15) is 17.4 Å². The Hall–Kier alpha value is -2.70. The summed E-state index contributed by atoms with van der Waals surface area (Å²) < 4.78 is 5.83. The van der Waals surface area contributed by atoms with Gasteiger partial charge in [0.15, 0.2) is 0 Å². The third-order valence-electron chi connectivity index (χ3n) is 5.70. The summed E-state index contributed by atoms with van der Waals surface area (Å²) in [5.74, 6) is 0.874. The molecule has 0 unspecified atom stereocenters. The van der Waals surface area contributed by atoms with Crippen molar-refractivity contribution in [2.45, 2.75) is 57.9 Å². The van der Waals surface area contributed by atoms with Crippen LogP contribution in [0.25, 0.3) is 0 Å². The number of aliphatic hydroxyl groups excluding tert-OH is 1. The lowest BCUT2D eigenvalue weighted by Crippen LogP contribution is -2.41. The zero-order valence-electron chi connectivity index (χ0n) is 17.6. The molecule has 1 amide bonds. The monoisotopic (exact) mass is 436 g/mol. The molecule has 0 bridgehead atoms. The number of hydrogen-bond donors (Lipinski definition) is 1. The van der Waals surface area contributed by atoms with E-state index in [9.17, 15) is 4.79 Å². The molecule has 1 saturated carbocycles. The van der Waals surface area contributed by atoms with Crippen LogP contribution in [0.5, 0.6) is 5.75 Å². The summed E-state index contributed by atoms with van der Waals surface area (Å²) in [6.45, 7) is 0.931. The van der Waals surface area contributed by atoms with Crippen LogP contribution in [-0.4, -0.2) is 26.9 Å². The first kappa shape index (κ1) is 21.5. The van der Waals surface area contributed by atoms with E-state index in [2.05, 4.69) is 9.88 Å². The number of benzene rings is 2. The second-order valence-corrected chi connectivity index (χ2v) is 8.86. The molecule has 2 aromatic carbocycles. The van der Waals surface area contributed by atoms with E-state index in [1.807, 2.05) is 60.0 Å². The van der Waals surface area contributed by atoms with Crippen LogP contribution in [0.1, 0.15) is 58.7 Å². The van der Waals surface area contributed by atoms with Crippen molar-refractivity contribution in [3.05, 3.63) is 81.8 Å². The molecule has 0 radical (unpaired) electrons. The number of amides is 1. The molecule has 31 heavy (non-hydrogen) atoms. The van der Waals surface area contributed by atoms with Crippen molar-refractivity contribution in [3.63, 3.8) is 0 Å². The highest BCUT2D eigenvalue weighted by atomic mass is 32.1. The van der Waals surface area contributed by atoms with Crippen molar-refractivity contribution in [2.75, 3.05) is 0 Å². The van der Waals surface area contributed by atoms with Crippen LogP contribution in [0.15, 0.2) is 60.0 Å². The third-order valence-corrected chi connectivity index (χ3v) is 6.57. The van der Waals surface area contributed by atoms with E-state index in [-0.39, 0.29) is 12.5 Å². The van der Waals surface area contributed by atoms with Gasteiger partial charge in [-0.25, -0.2) is 4.98 Å². The van der Waals surface area contributed by atoms with E-state index in [0.29, 0.717) is 24.9 Å². The zero-order chi connectivity index (χ0) is 21.5. The van der Waals surface area contributed by atoms with Crippen LogP contribution in [0, 0.1) is 0 Å². The van der Waals surface area contributed by atoms with Crippen molar-refractivity contribution in [1.29, 1.82) is 0 Å². The lowest BCUT2D eigenvalue weighted by atomic mass is 9.93. The van der Waals surface area contributed by atoms with Gasteiger partial charge in [-0.05, 0) is 42.7 Å². The molecule has 0 spiro atoms. The summed E-state index contributed by atoms with van der Waals surface area (Å²) in [6, 6.07) is 17.8. The summed E-state index contributed by atoms with van der Waals surface area (Å²) in [7, 11) is 0. The molecule has 1 aliphatic carbocycles. The number of rotatable bonds is 8. The molecular weight excluding hydrogens is 408 g/mol. The molecule has 6 heteroatoms. The third kappa shape index (κ3) is 5.71. The molecule has 0 atom stereocenters. The van der Waals surface area contributed by atoms with Crippen LogP contribution in [0.2, 0.25) is 0 Å². The van der Waals surface area contributed by atoms with E-state index in [1.54, 1.807) is 0 Å². The standard InChI is InChI=1S/C25H28N2O3S/c28-16-21-18-31-24(26-21)17-30-23-13-11-19(12-14-23)15-27(22-9-5-2-6-10-22)25(29)20-7-3-1-4-8-20/h1,3-4,7-8,11-14,18,22,28H,2,5-6,9-10,15-17H2. The molecule has 1 aromatic heterocycles. The van der Waals surface area contributed by atoms with E-state index < -0.39 is 0 Å². The van der Waals surface area contributed by atoms with Gasteiger partial charge in [-0.3, -0.25) is 4.79 Å². The van der Waals surface area contributed by atoms with Gasteiger partial charge in [0.25, 0.3) is 5.91 Å². The first-order valence-electron chi connectivity index (χ1n) is 10.8. The van der Waals surface area contributed by atoms with E-state index >= 15 is 0 Å². The first-order chi connectivity index (χ1) is 15.2. The number of hydrogen-bond acceptors (Lipinski definition) is 5. The van der Waals surface area contributed by atoms with Crippen LogP contribution in [-0.2, 0) is 19.8 Å². The quantitative estimate of drug-likeness (QED) is 0.528. The van der Waals surface area contributed by atoms with Gasteiger partial charge in [-0.1, -0.05) is 49.6 Å². The average molecular weight is 437 g/mol. The topological polar surface area (TPSA) is 62.7 Å². The van der Waals surface area contributed by atoms with Gasteiger partial charge in [0.2, 0.25) is 0 Å². The number of carbonyl (C=O) groups excluding carboxylic acids is 1. The Morgan fingerprint density at radius 2 is 1.81 bits per heavy atom. The lowest BCUT2D eigenvalue weighted by molar-refractivity contribution is 0.0614. The number of carbonyl (C=O) groups is 1. The van der Waals surface area contributed by atoms with Crippen LogP contribution in [0.3, 0.4) is 0 Å². The first-order valence-corrected chi connectivity index (χ1v) is 11.7. The Labute approximate surface area is 187 Å². The average Bonchev–Trinajstić information content (AvgIpc) is 3.31. The zero-order valence-corrected chi connectivity index (χ0v) is 18.4. The molecule has 5 nitrogen and oxygen atoms in total. The maximum atomic E-state index is 13.3. The summed E-state index contributed by atoms with van der Waals surface area (Å²) in [4.78, 5) is 19.6. The predicted octanol–water partition coefficient (Wildman–Crippen LogP) is 5.19. The largest absolute Gasteiger partial charge is 0.486 e. The highest BCUT2D eigenvalue weighted by Gasteiger charge is 2.26. The number of aliphatic hydroxyl groups is 1. The van der Waals surface area contributed by atoms with E-state index in [1.165, 1.54) is 30.6 Å². The molecule has 1 fully saturated rings. The Kier molecular flexibility index (Phi) is 7.33. The van der Waals surface area contributed by atoms with Crippen molar-refractivity contribution < 1.29 is 14.6 Å². The molecule has 162 valence electrons. The Balaban J connectivity index is 1.43. The second-order valence-electron chi connectivity index (χ2n) is 7.91. The predicted molar refractivity (Wildman–Crippen MR) is 122 cm³/mol. The lowest BCUT2D eigenvalue weighted by Gasteiger charge is -2.34. The van der Waals surface area contributed by atoms with Crippen molar-refractivity contribution in [2.24, 2.45) is 0 Å². The van der Waals surface area contributed by atoms with Crippen LogP contribution < -0.4 is 4.74 Å². The van der Waals surface area contributed by atoms with E-state index in [4.69, 9.17) is 9.84 Å². The van der Waals surface area contributed by atoms with Crippen LogP contribution >= 0.6 is 11.3 Å². The fourth-order valence-electron chi connectivity index (χ4n) is 4.03. The van der Waals surface area contributed by atoms with Gasteiger partial charge < -0.3 is 14.7 Å². The normalized spacial score (nSPS) is 14.4. The van der Waals surface area contributed by atoms with Crippen molar-refractivity contribution in [3.8, 4) is 5.75 Å². The number of nitrogens with zero attached hydrogens (tertiary/aromatic N) is 2. The summed E-state index contributed by atoms with van der Waals surface area (Å²) in [5.41, 5.74) is 2.52. The molecule has 0 aliphatic heterocycles. The second kappa shape index (κ2) is 10.6. The fraction of sp³-hybridized carbons (Fsp3) is 0.360. The minimum atomic E-state index is -0.0512. The van der Waals surface area contributed by atoms with Gasteiger partial charge in [0.05, 0.1) is 12.3 Å². The smallest absolute Gasteiger partial charge is 0.254 e. The van der Waals surface area contributed by atoms with Gasteiger partial charge in [0, 0.05) is 23.5 Å². The Morgan fingerprint density at radius 3 is 2.48 bits per heavy atom. The number of aromatic nitrogens is 1. The maximum Gasteiger partial charge on any atom is 0.254 e. The maximum absolute atomic E-state index is 13.3. The highest BCUT2D eigenvalue weighted by Crippen LogP contribution is 2.26. The molecule has 1 N–H and O–H groups in total. The highest BCUT2D eigenvalue weighted by molar-refractivity contribution is 7.09. The van der Waals surface area contributed by atoms with Gasteiger partial charge in [-0.15, -0.1) is 11.3 Å². The van der Waals surface area contributed by atoms with Gasteiger partial charge in [-0.2, -0.15) is 0 Å². The molecular formula is C25H28N2O3S. The molecule has 0 saturated heterocycles. The Bertz CT molecular complexity index is 966. The SMILES string of the molecule is O=C(c1ccccc1)N(Cc1ccc(OCc2nc(CO)cs2)cc1)C1CCCCC1. The minimum Gasteiger partial charge on any atom is -0.486 e. The summed E-state index contributed by atoms with van der Waals surface area (Å²) >= 11 is 1.48. The van der Waals surface area contributed by atoms with Gasteiger partial charge >= 0.3 is 0 Å². The molecule has 1 aliphatic rings. The molecule has 3 aromatic rings.